The van der Waals surface area contributed by atoms with Gasteiger partial charge in [0.1, 0.15) is 0 Å². The number of hydrogen-bond acceptors (Lipinski definition) is 3. The average molecular weight is 295 g/mol. The SMILES string of the molecule is N=C(N)SCCNC(=O)CC12CC3CC(CC(C3)C1)C2. The first-order chi connectivity index (χ1) is 9.55. The molecule has 112 valence electrons. The highest BCUT2D eigenvalue weighted by Gasteiger charge is 2.51. The zero-order valence-electron chi connectivity index (χ0n) is 12.0. The second kappa shape index (κ2) is 5.58. The zero-order valence-corrected chi connectivity index (χ0v) is 12.8. The molecule has 1 amide bonds. The van der Waals surface area contributed by atoms with Gasteiger partial charge in [0.2, 0.25) is 5.91 Å². The van der Waals surface area contributed by atoms with E-state index >= 15 is 0 Å². The highest BCUT2D eigenvalue weighted by Crippen LogP contribution is 2.61. The van der Waals surface area contributed by atoms with Crippen LogP contribution in [0.25, 0.3) is 0 Å². The molecule has 0 unspecified atom stereocenters. The molecule has 0 saturated heterocycles. The summed E-state index contributed by atoms with van der Waals surface area (Å²) >= 11 is 1.29. The van der Waals surface area contributed by atoms with E-state index in [0.717, 1.165) is 24.2 Å². The highest BCUT2D eigenvalue weighted by molar-refractivity contribution is 8.13. The van der Waals surface area contributed by atoms with Crippen LogP contribution in [0.5, 0.6) is 0 Å². The minimum Gasteiger partial charge on any atom is -0.379 e. The summed E-state index contributed by atoms with van der Waals surface area (Å²) in [6, 6.07) is 0. The van der Waals surface area contributed by atoms with Crippen LogP contribution in [-0.4, -0.2) is 23.4 Å². The van der Waals surface area contributed by atoms with Crippen molar-refractivity contribution in [2.75, 3.05) is 12.3 Å². The summed E-state index contributed by atoms with van der Waals surface area (Å²) < 4.78 is 0. The monoisotopic (exact) mass is 295 g/mol. The molecule has 4 nitrogen and oxygen atoms in total. The van der Waals surface area contributed by atoms with Gasteiger partial charge in [0.05, 0.1) is 0 Å². The summed E-state index contributed by atoms with van der Waals surface area (Å²) in [5.74, 6) is 3.62. The summed E-state index contributed by atoms with van der Waals surface area (Å²) in [6.45, 7) is 0.620. The van der Waals surface area contributed by atoms with Crippen LogP contribution in [0.1, 0.15) is 44.9 Å². The number of nitrogens with one attached hydrogen (secondary N) is 2. The summed E-state index contributed by atoms with van der Waals surface area (Å²) in [6.07, 6.45) is 8.86. The van der Waals surface area contributed by atoms with E-state index in [-0.39, 0.29) is 11.1 Å². The lowest BCUT2D eigenvalue weighted by Crippen LogP contribution is -2.48. The van der Waals surface area contributed by atoms with Crippen LogP contribution < -0.4 is 11.1 Å². The molecule has 0 aliphatic heterocycles. The second-order valence-corrected chi connectivity index (χ2v) is 8.29. The van der Waals surface area contributed by atoms with Crippen molar-refractivity contribution in [1.29, 1.82) is 5.41 Å². The molecule has 5 heteroatoms. The van der Waals surface area contributed by atoms with Gasteiger partial charge in [0.25, 0.3) is 0 Å². The Balaban J connectivity index is 1.47. The van der Waals surface area contributed by atoms with E-state index in [0.29, 0.717) is 17.7 Å². The standard InChI is InChI=1S/C15H25N3OS/c16-14(17)20-2-1-18-13(19)9-15-6-10-3-11(7-15)5-12(4-10)8-15/h10-12H,1-9H2,(H3,16,17)(H,18,19). The third-order valence-electron chi connectivity index (χ3n) is 5.38. The third kappa shape index (κ3) is 3.13. The molecule has 4 aliphatic carbocycles. The molecule has 0 aromatic heterocycles. The van der Waals surface area contributed by atoms with Crippen molar-refractivity contribution in [2.24, 2.45) is 28.9 Å². The molecule has 4 aliphatic rings. The number of amidine groups is 1. The van der Waals surface area contributed by atoms with Gasteiger partial charge < -0.3 is 11.1 Å². The summed E-state index contributed by atoms with van der Waals surface area (Å²) in [7, 11) is 0. The van der Waals surface area contributed by atoms with Gasteiger partial charge in [0, 0.05) is 18.7 Å². The van der Waals surface area contributed by atoms with Crippen molar-refractivity contribution in [1.82, 2.24) is 5.32 Å². The van der Waals surface area contributed by atoms with Crippen LogP contribution >= 0.6 is 11.8 Å². The Morgan fingerprint density at radius 3 is 2.25 bits per heavy atom. The fourth-order valence-corrected chi connectivity index (χ4v) is 5.69. The van der Waals surface area contributed by atoms with Crippen LogP contribution in [0.15, 0.2) is 0 Å². The smallest absolute Gasteiger partial charge is 0.220 e. The lowest BCUT2D eigenvalue weighted by Gasteiger charge is -2.56. The van der Waals surface area contributed by atoms with Crippen LogP contribution in [0.2, 0.25) is 0 Å². The number of carbonyl (C=O) groups excluding carboxylic acids is 1. The van der Waals surface area contributed by atoms with Crippen molar-refractivity contribution in [2.45, 2.75) is 44.9 Å². The predicted octanol–water partition coefficient (Wildman–Crippen LogP) is 2.34. The van der Waals surface area contributed by atoms with E-state index in [4.69, 9.17) is 11.1 Å². The molecule has 0 spiro atoms. The van der Waals surface area contributed by atoms with E-state index in [9.17, 15) is 4.79 Å². The van der Waals surface area contributed by atoms with Gasteiger partial charge in [-0.1, -0.05) is 11.8 Å². The van der Waals surface area contributed by atoms with Gasteiger partial charge in [-0.25, -0.2) is 0 Å². The first kappa shape index (κ1) is 14.2. The molecule has 0 aromatic rings. The number of nitrogens with two attached hydrogens (primary N) is 1. The molecule has 0 heterocycles. The van der Waals surface area contributed by atoms with Crippen molar-refractivity contribution in [3.05, 3.63) is 0 Å². The van der Waals surface area contributed by atoms with Crippen molar-refractivity contribution in [3.8, 4) is 0 Å². The Morgan fingerprint density at radius 2 is 1.75 bits per heavy atom. The molecule has 4 rings (SSSR count). The Labute approximate surface area is 125 Å². The zero-order chi connectivity index (χ0) is 14.2. The molecular formula is C15H25N3OS. The van der Waals surface area contributed by atoms with Gasteiger partial charge in [-0.2, -0.15) is 0 Å². The van der Waals surface area contributed by atoms with Gasteiger partial charge >= 0.3 is 0 Å². The average Bonchev–Trinajstić information content (AvgIpc) is 2.32. The van der Waals surface area contributed by atoms with E-state index in [1.165, 1.54) is 50.3 Å². The quantitative estimate of drug-likeness (QED) is 0.414. The number of thioether (sulfide) groups is 1. The highest BCUT2D eigenvalue weighted by atomic mass is 32.2. The maximum atomic E-state index is 12.2. The number of hydrogen-bond donors (Lipinski definition) is 3. The first-order valence-corrected chi connectivity index (χ1v) is 8.77. The third-order valence-corrected chi connectivity index (χ3v) is 6.10. The fourth-order valence-electron chi connectivity index (χ4n) is 5.26. The lowest BCUT2D eigenvalue weighted by molar-refractivity contribution is -0.129. The molecule has 0 atom stereocenters. The molecule has 4 bridgehead atoms. The first-order valence-electron chi connectivity index (χ1n) is 7.78. The Bertz CT molecular complexity index is 375. The maximum absolute atomic E-state index is 12.2. The molecule has 4 N–H and O–H groups in total. The second-order valence-electron chi connectivity index (χ2n) is 7.16. The van der Waals surface area contributed by atoms with E-state index in [2.05, 4.69) is 5.32 Å². The molecule has 20 heavy (non-hydrogen) atoms. The van der Waals surface area contributed by atoms with Gasteiger partial charge in [-0.3, -0.25) is 10.2 Å². The number of carbonyl (C=O) groups is 1. The molecule has 4 saturated carbocycles. The van der Waals surface area contributed by atoms with E-state index < -0.39 is 0 Å². The van der Waals surface area contributed by atoms with E-state index in [1.807, 2.05) is 0 Å². The van der Waals surface area contributed by atoms with Crippen molar-refractivity contribution >= 4 is 22.8 Å². The number of amides is 1. The fraction of sp³-hybridized carbons (Fsp3) is 0.867. The predicted molar refractivity (Wildman–Crippen MR) is 82.6 cm³/mol. The molecular weight excluding hydrogens is 270 g/mol. The van der Waals surface area contributed by atoms with Crippen LogP contribution in [-0.2, 0) is 4.79 Å². The minimum absolute atomic E-state index is 0.125. The van der Waals surface area contributed by atoms with Crippen LogP contribution in [0.3, 0.4) is 0 Å². The largest absolute Gasteiger partial charge is 0.379 e. The molecule has 4 fully saturated rings. The topological polar surface area (TPSA) is 79.0 Å². The normalized spacial score (nSPS) is 37.9. The maximum Gasteiger partial charge on any atom is 0.220 e. The van der Waals surface area contributed by atoms with Crippen LogP contribution in [0, 0.1) is 28.6 Å². The van der Waals surface area contributed by atoms with Crippen molar-refractivity contribution < 1.29 is 4.79 Å². The lowest BCUT2D eigenvalue weighted by atomic mass is 9.49. The summed E-state index contributed by atoms with van der Waals surface area (Å²) in [5.41, 5.74) is 5.60. The van der Waals surface area contributed by atoms with Gasteiger partial charge in [-0.05, 0) is 61.7 Å². The number of rotatable bonds is 5. The molecule has 0 radical (unpaired) electrons. The van der Waals surface area contributed by atoms with Gasteiger partial charge in [-0.15, -0.1) is 0 Å². The van der Waals surface area contributed by atoms with Crippen LogP contribution in [0.4, 0.5) is 0 Å². The van der Waals surface area contributed by atoms with Gasteiger partial charge in [0.15, 0.2) is 5.17 Å². The Kier molecular flexibility index (Phi) is 3.98. The van der Waals surface area contributed by atoms with Crippen molar-refractivity contribution in [3.63, 3.8) is 0 Å². The molecule has 0 aromatic carbocycles. The summed E-state index contributed by atoms with van der Waals surface area (Å²) in [4.78, 5) is 12.2. The minimum atomic E-state index is 0.125. The van der Waals surface area contributed by atoms with E-state index in [1.54, 1.807) is 0 Å². The summed E-state index contributed by atoms with van der Waals surface area (Å²) in [5, 5.41) is 10.3. The Hall–Kier alpha value is -0.710. The Morgan fingerprint density at radius 1 is 1.20 bits per heavy atom.